The van der Waals surface area contributed by atoms with Crippen LogP contribution in [0.25, 0.3) is 0 Å². The number of carbonyl (C=O) groups is 1. The third kappa shape index (κ3) is 6.03. The Morgan fingerprint density at radius 1 is 1.21 bits per heavy atom. The molecule has 1 aromatic carbocycles. The molecule has 11 heteroatoms. The number of hydrogen-bond donors (Lipinski definition) is 2. The molecule has 2 saturated heterocycles. The molecule has 8 nitrogen and oxygen atoms in total. The van der Waals surface area contributed by atoms with Crippen LogP contribution in [0.1, 0.15) is 5.56 Å². The fourth-order valence-electron chi connectivity index (χ4n) is 3.11. The maximum absolute atomic E-state index is 13.0. The Morgan fingerprint density at radius 3 is 2.54 bits per heavy atom. The van der Waals surface area contributed by atoms with E-state index in [4.69, 9.17) is 4.74 Å². The number of amides is 1. The Kier molecular flexibility index (Phi) is 10.1. The Bertz CT molecular complexity index is 736. The van der Waals surface area contributed by atoms with E-state index < -0.39 is 16.1 Å². The standard InChI is InChI=1S/C17H26N4O4S.2ClH/c1-20-7-9-21(10-8-20)26(23,24)16-5-3-2-4-14(16)12-19-17(22)15-13-25-11-6-18-15;;/h2-5,15,18H,6-13H2,1H3,(H,19,22);2*1H. The number of likely N-dealkylation sites (N-methyl/N-ethyl adjacent to an activating group) is 1. The minimum Gasteiger partial charge on any atom is -0.378 e. The van der Waals surface area contributed by atoms with Crippen molar-refractivity contribution >= 4 is 40.7 Å². The number of carbonyl (C=O) groups excluding carboxylic acids is 1. The third-order valence-corrected chi connectivity index (χ3v) is 6.74. The van der Waals surface area contributed by atoms with Gasteiger partial charge in [-0.05, 0) is 18.7 Å². The molecule has 0 aromatic heterocycles. The van der Waals surface area contributed by atoms with Crippen LogP contribution >= 0.6 is 24.8 Å². The number of sulfonamides is 1. The average molecular weight is 455 g/mol. The van der Waals surface area contributed by atoms with E-state index in [0.29, 0.717) is 51.5 Å². The summed E-state index contributed by atoms with van der Waals surface area (Å²) in [5, 5.41) is 5.91. The van der Waals surface area contributed by atoms with Crippen molar-refractivity contribution in [3.63, 3.8) is 0 Å². The van der Waals surface area contributed by atoms with E-state index in [-0.39, 0.29) is 42.2 Å². The van der Waals surface area contributed by atoms with Crippen molar-refractivity contribution < 1.29 is 17.9 Å². The van der Waals surface area contributed by atoms with E-state index in [0.717, 1.165) is 0 Å². The first-order valence-corrected chi connectivity index (χ1v) is 10.3. The van der Waals surface area contributed by atoms with Gasteiger partial charge in [0.1, 0.15) is 6.04 Å². The van der Waals surface area contributed by atoms with Crippen molar-refractivity contribution in [2.75, 3.05) is 53.0 Å². The molecule has 2 fully saturated rings. The topological polar surface area (TPSA) is 91.0 Å². The minimum absolute atomic E-state index is 0. The monoisotopic (exact) mass is 454 g/mol. The fraction of sp³-hybridized carbons (Fsp3) is 0.588. The van der Waals surface area contributed by atoms with Gasteiger partial charge in [-0.15, -0.1) is 24.8 Å². The molecule has 0 radical (unpaired) electrons. The third-order valence-electron chi connectivity index (χ3n) is 4.74. The normalized spacial score (nSPS) is 21.2. The second-order valence-corrected chi connectivity index (χ2v) is 8.52. The van der Waals surface area contributed by atoms with E-state index in [1.807, 2.05) is 7.05 Å². The first-order valence-electron chi connectivity index (χ1n) is 8.84. The molecule has 2 heterocycles. The predicted molar refractivity (Wildman–Crippen MR) is 112 cm³/mol. The molecule has 2 N–H and O–H groups in total. The van der Waals surface area contributed by atoms with Crippen molar-refractivity contribution in [2.45, 2.75) is 17.5 Å². The molecule has 1 atom stereocenters. The molecule has 2 aliphatic rings. The van der Waals surface area contributed by atoms with E-state index >= 15 is 0 Å². The van der Waals surface area contributed by atoms with Crippen LogP contribution < -0.4 is 10.6 Å². The van der Waals surface area contributed by atoms with E-state index in [1.54, 1.807) is 24.3 Å². The van der Waals surface area contributed by atoms with Gasteiger partial charge in [0.25, 0.3) is 0 Å². The Morgan fingerprint density at radius 2 is 1.89 bits per heavy atom. The predicted octanol–water partition coefficient (Wildman–Crippen LogP) is 0.0709. The molecular formula is C17H28Cl2N4O4S. The molecule has 0 spiro atoms. The lowest BCUT2D eigenvalue weighted by molar-refractivity contribution is -0.126. The highest BCUT2D eigenvalue weighted by Gasteiger charge is 2.29. The van der Waals surface area contributed by atoms with Gasteiger partial charge in [0.15, 0.2) is 0 Å². The molecule has 1 aromatic rings. The van der Waals surface area contributed by atoms with Crippen LogP contribution in [0.2, 0.25) is 0 Å². The number of rotatable bonds is 5. The zero-order valence-electron chi connectivity index (χ0n) is 15.8. The largest absolute Gasteiger partial charge is 0.378 e. The summed E-state index contributed by atoms with van der Waals surface area (Å²) in [6.07, 6.45) is 0. The van der Waals surface area contributed by atoms with Gasteiger partial charge < -0.3 is 20.3 Å². The number of ether oxygens (including phenoxy) is 1. The number of morpholine rings is 1. The van der Waals surface area contributed by atoms with Gasteiger partial charge in [-0.3, -0.25) is 4.79 Å². The molecule has 0 saturated carbocycles. The van der Waals surface area contributed by atoms with Crippen molar-refractivity contribution in [2.24, 2.45) is 0 Å². The summed E-state index contributed by atoms with van der Waals surface area (Å²) in [4.78, 5) is 14.6. The number of piperazine rings is 1. The minimum atomic E-state index is -3.57. The van der Waals surface area contributed by atoms with Crippen molar-refractivity contribution in [3.8, 4) is 0 Å². The van der Waals surface area contributed by atoms with Crippen LogP contribution in [0, 0.1) is 0 Å². The summed E-state index contributed by atoms with van der Waals surface area (Å²) in [5.41, 5.74) is 0.594. The van der Waals surface area contributed by atoms with Crippen LogP contribution in [0.3, 0.4) is 0 Å². The maximum atomic E-state index is 13.0. The van der Waals surface area contributed by atoms with Gasteiger partial charge in [-0.2, -0.15) is 4.31 Å². The second-order valence-electron chi connectivity index (χ2n) is 6.61. The summed E-state index contributed by atoms with van der Waals surface area (Å²) in [6, 6.07) is 6.45. The van der Waals surface area contributed by atoms with Gasteiger partial charge in [-0.1, -0.05) is 18.2 Å². The van der Waals surface area contributed by atoms with Crippen molar-refractivity contribution in [1.29, 1.82) is 0 Å². The van der Waals surface area contributed by atoms with E-state index in [1.165, 1.54) is 4.31 Å². The summed E-state index contributed by atoms with van der Waals surface area (Å²) >= 11 is 0. The Hall–Kier alpha value is -0.940. The highest BCUT2D eigenvalue weighted by molar-refractivity contribution is 7.89. The Labute approximate surface area is 178 Å². The zero-order valence-corrected chi connectivity index (χ0v) is 18.2. The van der Waals surface area contributed by atoms with Crippen LogP contribution in [0.5, 0.6) is 0 Å². The highest BCUT2D eigenvalue weighted by Crippen LogP contribution is 2.21. The molecule has 28 heavy (non-hydrogen) atoms. The molecule has 1 unspecified atom stereocenters. The lowest BCUT2D eigenvalue weighted by atomic mass is 10.2. The summed E-state index contributed by atoms with van der Waals surface area (Å²) in [7, 11) is -1.59. The van der Waals surface area contributed by atoms with Gasteiger partial charge in [-0.25, -0.2) is 8.42 Å². The fourth-order valence-corrected chi connectivity index (χ4v) is 4.75. The van der Waals surface area contributed by atoms with Gasteiger partial charge >= 0.3 is 0 Å². The number of hydrogen-bond acceptors (Lipinski definition) is 6. The van der Waals surface area contributed by atoms with Gasteiger partial charge in [0.2, 0.25) is 15.9 Å². The van der Waals surface area contributed by atoms with Crippen LogP contribution in [0.15, 0.2) is 29.2 Å². The lowest BCUT2D eigenvalue weighted by Crippen LogP contribution is -2.51. The van der Waals surface area contributed by atoms with E-state index in [2.05, 4.69) is 15.5 Å². The van der Waals surface area contributed by atoms with E-state index in [9.17, 15) is 13.2 Å². The molecule has 160 valence electrons. The Balaban J connectivity index is 0.00000196. The van der Waals surface area contributed by atoms with Crippen LogP contribution in [-0.4, -0.2) is 82.6 Å². The first-order chi connectivity index (χ1) is 12.5. The van der Waals surface area contributed by atoms with Crippen molar-refractivity contribution in [1.82, 2.24) is 19.8 Å². The smallest absolute Gasteiger partial charge is 0.243 e. The molecule has 1 amide bonds. The maximum Gasteiger partial charge on any atom is 0.243 e. The number of nitrogens with zero attached hydrogens (tertiary/aromatic N) is 2. The summed E-state index contributed by atoms with van der Waals surface area (Å²) in [5.74, 6) is -0.184. The number of nitrogens with one attached hydrogen (secondary N) is 2. The van der Waals surface area contributed by atoms with Gasteiger partial charge in [0, 0.05) is 39.3 Å². The SMILES string of the molecule is CN1CCN(S(=O)(=O)c2ccccc2CNC(=O)C2COCCN2)CC1.Cl.Cl. The summed E-state index contributed by atoms with van der Waals surface area (Å²) in [6.45, 7) is 4.10. The zero-order chi connectivity index (χ0) is 18.6. The van der Waals surface area contributed by atoms with Crippen LogP contribution in [-0.2, 0) is 26.1 Å². The highest BCUT2D eigenvalue weighted by atomic mass is 35.5. The summed E-state index contributed by atoms with van der Waals surface area (Å²) < 4.78 is 32.9. The molecule has 3 rings (SSSR count). The quantitative estimate of drug-likeness (QED) is 0.653. The lowest BCUT2D eigenvalue weighted by Gasteiger charge is -2.32. The first kappa shape index (κ1) is 25.1. The molecule has 2 aliphatic heterocycles. The average Bonchev–Trinajstić information content (AvgIpc) is 2.67. The molecule has 0 bridgehead atoms. The van der Waals surface area contributed by atoms with Crippen molar-refractivity contribution in [3.05, 3.63) is 29.8 Å². The molecule has 0 aliphatic carbocycles. The van der Waals surface area contributed by atoms with Crippen LogP contribution in [0.4, 0.5) is 0 Å². The molecular weight excluding hydrogens is 427 g/mol. The number of benzene rings is 1. The second kappa shape index (κ2) is 11.3. The number of halogens is 2. The van der Waals surface area contributed by atoms with Gasteiger partial charge in [0.05, 0.1) is 18.1 Å².